The lowest BCUT2D eigenvalue weighted by molar-refractivity contribution is -0.136. The van der Waals surface area contributed by atoms with Crippen molar-refractivity contribution in [3.63, 3.8) is 0 Å². The summed E-state index contributed by atoms with van der Waals surface area (Å²) >= 11 is 0. The third-order valence-corrected chi connectivity index (χ3v) is 3.55. The van der Waals surface area contributed by atoms with Crippen molar-refractivity contribution in [3.05, 3.63) is 12.2 Å². The van der Waals surface area contributed by atoms with E-state index < -0.39 is 0 Å². The molecule has 15 heavy (non-hydrogen) atoms. The maximum atomic E-state index is 12.1. The lowest BCUT2D eigenvalue weighted by Gasteiger charge is -2.44. The summed E-state index contributed by atoms with van der Waals surface area (Å²) in [6.07, 6.45) is 1.90. The van der Waals surface area contributed by atoms with Gasteiger partial charge in [-0.15, -0.1) is 0 Å². The van der Waals surface area contributed by atoms with Gasteiger partial charge in [-0.1, -0.05) is 27.4 Å². The van der Waals surface area contributed by atoms with E-state index in [9.17, 15) is 4.79 Å². The van der Waals surface area contributed by atoms with Gasteiger partial charge >= 0.3 is 0 Å². The van der Waals surface area contributed by atoms with E-state index in [0.29, 0.717) is 6.04 Å². The second kappa shape index (κ2) is 3.99. The first-order valence-corrected chi connectivity index (χ1v) is 5.75. The molecule has 2 nitrogen and oxygen atoms in total. The average Bonchev–Trinajstić information content (AvgIpc) is 2.10. The molecule has 2 heteroatoms. The second-order valence-electron chi connectivity index (χ2n) is 5.75. The first kappa shape index (κ1) is 12.3. The van der Waals surface area contributed by atoms with Crippen LogP contribution in [-0.4, -0.2) is 22.9 Å². The zero-order chi connectivity index (χ0) is 11.8. The van der Waals surface area contributed by atoms with Crippen molar-refractivity contribution in [1.29, 1.82) is 0 Å². The molecule has 0 aromatic rings. The van der Waals surface area contributed by atoms with Crippen molar-refractivity contribution in [2.75, 3.05) is 0 Å². The van der Waals surface area contributed by atoms with Crippen LogP contribution in [0.2, 0.25) is 0 Å². The Labute approximate surface area is 93.3 Å². The van der Waals surface area contributed by atoms with Gasteiger partial charge in [0.2, 0.25) is 5.91 Å². The van der Waals surface area contributed by atoms with E-state index in [-0.39, 0.29) is 17.4 Å². The van der Waals surface area contributed by atoms with Gasteiger partial charge in [-0.3, -0.25) is 4.79 Å². The van der Waals surface area contributed by atoms with E-state index in [2.05, 4.69) is 41.2 Å². The van der Waals surface area contributed by atoms with Gasteiger partial charge in [-0.2, -0.15) is 0 Å². The molecule has 1 amide bonds. The molecule has 1 unspecified atom stereocenters. The van der Waals surface area contributed by atoms with Crippen LogP contribution < -0.4 is 0 Å². The number of likely N-dealkylation sites (tertiary alicyclic amines) is 1. The first-order valence-electron chi connectivity index (χ1n) is 5.75. The van der Waals surface area contributed by atoms with Crippen molar-refractivity contribution < 1.29 is 4.79 Å². The highest BCUT2D eigenvalue weighted by molar-refractivity contribution is 5.94. The van der Waals surface area contributed by atoms with Gasteiger partial charge < -0.3 is 4.90 Å². The molecule has 0 spiro atoms. The molecule has 0 aliphatic carbocycles. The number of carbonyl (C=O) groups is 1. The molecule has 1 fully saturated rings. The fraction of sp³-hybridized carbons (Fsp3) is 0.769. The molecule has 86 valence electrons. The van der Waals surface area contributed by atoms with Crippen LogP contribution in [0.1, 0.15) is 47.5 Å². The Kier molecular flexibility index (Phi) is 3.27. The summed E-state index contributed by atoms with van der Waals surface area (Å²) in [6.45, 7) is 14.6. The monoisotopic (exact) mass is 209 g/mol. The summed E-state index contributed by atoms with van der Waals surface area (Å²) in [5.74, 6) is 0.149. The van der Waals surface area contributed by atoms with Crippen LogP contribution in [0.5, 0.6) is 0 Å². The number of piperidine rings is 1. The van der Waals surface area contributed by atoms with Crippen molar-refractivity contribution in [3.8, 4) is 0 Å². The topological polar surface area (TPSA) is 20.3 Å². The van der Waals surface area contributed by atoms with Crippen LogP contribution in [0.4, 0.5) is 0 Å². The Bertz CT molecular complexity index is 275. The van der Waals surface area contributed by atoms with Crippen molar-refractivity contribution in [2.24, 2.45) is 5.41 Å². The average molecular weight is 209 g/mol. The summed E-state index contributed by atoms with van der Waals surface area (Å²) in [5.41, 5.74) is 0.894. The molecule has 1 heterocycles. The molecule has 1 aliphatic rings. The number of hydrogen-bond donors (Lipinski definition) is 0. The van der Waals surface area contributed by atoms with Crippen LogP contribution in [0.25, 0.3) is 0 Å². The van der Waals surface area contributed by atoms with Crippen molar-refractivity contribution in [2.45, 2.75) is 59.5 Å². The maximum Gasteiger partial charge on any atom is 0.249 e. The number of hydrogen-bond acceptors (Lipinski definition) is 1. The standard InChI is InChI=1S/C13H23NO/c1-9-7-8-10(2)14(12(9)15)11(3)13(4,5)6/h10-11H,1,7-8H2,2-6H3/t10?,11-/m1/s1. The quantitative estimate of drug-likeness (QED) is 0.608. The zero-order valence-corrected chi connectivity index (χ0v) is 10.6. The highest BCUT2D eigenvalue weighted by Crippen LogP contribution is 2.31. The van der Waals surface area contributed by atoms with E-state index in [1.165, 1.54) is 0 Å². The first-order chi connectivity index (χ1) is 6.75. The summed E-state index contributed by atoms with van der Waals surface area (Å²) in [4.78, 5) is 14.1. The largest absolute Gasteiger partial charge is 0.333 e. The molecular formula is C13H23NO. The Morgan fingerprint density at radius 1 is 1.47 bits per heavy atom. The molecule has 0 N–H and O–H groups in total. The smallest absolute Gasteiger partial charge is 0.249 e. The summed E-state index contributed by atoms with van der Waals surface area (Å²) in [5, 5.41) is 0. The van der Waals surface area contributed by atoms with Crippen LogP contribution in [-0.2, 0) is 4.79 Å². The fourth-order valence-corrected chi connectivity index (χ4v) is 1.99. The lowest BCUT2D eigenvalue weighted by atomic mass is 9.84. The minimum Gasteiger partial charge on any atom is -0.333 e. The summed E-state index contributed by atoms with van der Waals surface area (Å²) in [7, 11) is 0. The minimum absolute atomic E-state index is 0.127. The predicted octanol–water partition coefficient (Wildman–Crippen LogP) is 2.99. The molecule has 0 saturated carbocycles. The molecule has 1 rings (SSSR count). The predicted molar refractivity (Wildman–Crippen MR) is 63.6 cm³/mol. The molecule has 0 bridgehead atoms. The van der Waals surface area contributed by atoms with Gasteiger partial charge in [0.15, 0.2) is 0 Å². The molecule has 0 aromatic heterocycles. The third-order valence-electron chi connectivity index (χ3n) is 3.55. The Balaban J connectivity index is 2.90. The van der Waals surface area contributed by atoms with Crippen molar-refractivity contribution in [1.82, 2.24) is 4.90 Å². The van der Waals surface area contributed by atoms with E-state index in [1.807, 2.05) is 4.90 Å². The number of rotatable bonds is 1. The fourth-order valence-electron chi connectivity index (χ4n) is 1.99. The van der Waals surface area contributed by atoms with Gasteiger partial charge in [-0.05, 0) is 32.1 Å². The number of nitrogens with zero attached hydrogens (tertiary/aromatic N) is 1. The Morgan fingerprint density at radius 2 is 2.00 bits per heavy atom. The zero-order valence-electron chi connectivity index (χ0n) is 10.6. The van der Waals surface area contributed by atoms with Gasteiger partial charge in [-0.25, -0.2) is 0 Å². The SMILES string of the molecule is C=C1CCC(C)N([C@H](C)C(C)(C)C)C1=O. The maximum absolute atomic E-state index is 12.1. The van der Waals surface area contributed by atoms with E-state index in [4.69, 9.17) is 0 Å². The summed E-state index contributed by atoms with van der Waals surface area (Å²) in [6, 6.07) is 0.606. The van der Waals surface area contributed by atoms with Crippen LogP contribution in [0, 0.1) is 5.41 Å². The van der Waals surface area contributed by atoms with Gasteiger partial charge in [0, 0.05) is 17.7 Å². The molecule has 0 radical (unpaired) electrons. The number of amides is 1. The molecule has 1 aliphatic heterocycles. The normalized spacial score (nSPS) is 25.7. The van der Waals surface area contributed by atoms with Gasteiger partial charge in [0.05, 0.1) is 0 Å². The Hall–Kier alpha value is -0.790. The van der Waals surface area contributed by atoms with E-state index >= 15 is 0 Å². The highest BCUT2D eigenvalue weighted by atomic mass is 16.2. The minimum atomic E-state index is 0.127. The molecule has 2 atom stereocenters. The molecule has 1 saturated heterocycles. The van der Waals surface area contributed by atoms with E-state index in [0.717, 1.165) is 18.4 Å². The van der Waals surface area contributed by atoms with Gasteiger partial charge in [0.25, 0.3) is 0 Å². The van der Waals surface area contributed by atoms with Crippen LogP contribution in [0.15, 0.2) is 12.2 Å². The number of carbonyl (C=O) groups excluding carboxylic acids is 1. The van der Waals surface area contributed by atoms with E-state index in [1.54, 1.807) is 0 Å². The molecular weight excluding hydrogens is 186 g/mol. The highest BCUT2D eigenvalue weighted by Gasteiger charge is 2.36. The second-order valence-corrected chi connectivity index (χ2v) is 5.75. The lowest BCUT2D eigenvalue weighted by Crippen LogP contribution is -2.52. The summed E-state index contributed by atoms with van der Waals surface area (Å²) < 4.78 is 0. The van der Waals surface area contributed by atoms with Crippen LogP contribution >= 0.6 is 0 Å². The molecule has 0 aromatic carbocycles. The Morgan fingerprint density at radius 3 is 2.47 bits per heavy atom. The van der Waals surface area contributed by atoms with Gasteiger partial charge in [0.1, 0.15) is 0 Å². The van der Waals surface area contributed by atoms with Crippen molar-refractivity contribution >= 4 is 5.91 Å². The third kappa shape index (κ3) is 2.42. The van der Waals surface area contributed by atoms with Crippen LogP contribution in [0.3, 0.4) is 0 Å².